The molecule has 0 unspecified atom stereocenters. The van der Waals surface area contributed by atoms with Crippen molar-refractivity contribution in [1.29, 1.82) is 0 Å². The van der Waals surface area contributed by atoms with Gasteiger partial charge in [0.1, 0.15) is 0 Å². The number of rotatable bonds is 4. The van der Waals surface area contributed by atoms with E-state index in [1.807, 2.05) is 0 Å². The molecule has 1 rings (SSSR count). The van der Waals surface area contributed by atoms with E-state index in [4.69, 9.17) is 0 Å². The monoisotopic (exact) mass is 204 g/mol. The van der Waals surface area contributed by atoms with Gasteiger partial charge in [-0.25, -0.2) is 0 Å². The Labute approximate surface area is 94.8 Å². The van der Waals surface area contributed by atoms with Crippen molar-refractivity contribution in [3.8, 4) is 0 Å². The highest BCUT2D eigenvalue weighted by Gasteiger charge is 2.14. The fraction of sp³-hybridized carbons (Fsp3) is 0.600. The van der Waals surface area contributed by atoms with Crippen LogP contribution in [0.1, 0.15) is 47.0 Å². The maximum absolute atomic E-state index is 2.39. The fourth-order valence-corrected chi connectivity index (χ4v) is 2.01. The molecule has 0 aliphatic heterocycles. The molecule has 84 valence electrons. The van der Waals surface area contributed by atoms with Gasteiger partial charge < -0.3 is 0 Å². The van der Waals surface area contributed by atoms with E-state index >= 15 is 0 Å². The normalized spacial score (nSPS) is 22.1. The standard InChI is InChI=1S/C15H24/c1-12(2)6-5-7-14(4)15-10-8-13(3)9-11-15/h6,8-10,14-15H,5,7,11H2,1-4H3/t14-,15-/m0/s1. The van der Waals surface area contributed by atoms with Crippen LogP contribution in [0, 0.1) is 11.8 Å². The van der Waals surface area contributed by atoms with Crippen molar-refractivity contribution in [3.05, 3.63) is 35.5 Å². The van der Waals surface area contributed by atoms with Crippen molar-refractivity contribution >= 4 is 0 Å². The first-order valence-electron chi connectivity index (χ1n) is 6.08. The van der Waals surface area contributed by atoms with Gasteiger partial charge in [0.15, 0.2) is 0 Å². The lowest BCUT2D eigenvalue weighted by atomic mass is 9.84. The van der Waals surface area contributed by atoms with Crippen molar-refractivity contribution in [2.45, 2.75) is 47.0 Å². The lowest BCUT2D eigenvalue weighted by Crippen LogP contribution is -2.10. The molecule has 1 aliphatic carbocycles. The van der Waals surface area contributed by atoms with Crippen molar-refractivity contribution < 1.29 is 0 Å². The van der Waals surface area contributed by atoms with Crippen LogP contribution in [0.25, 0.3) is 0 Å². The maximum Gasteiger partial charge on any atom is -0.0170 e. The Kier molecular flexibility index (Phi) is 4.87. The number of hydrogen-bond donors (Lipinski definition) is 0. The molecule has 0 heterocycles. The van der Waals surface area contributed by atoms with Gasteiger partial charge in [-0.15, -0.1) is 0 Å². The molecule has 2 atom stereocenters. The summed E-state index contributed by atoms with van der Waals surface area (Å²) in [6.45, 7) is 8.91. The van der Waals surface area contributed by atoms with E-state index in [0.717, 1.165) is 11.8 Å². The van der Waals surface area contributed by atoms with E-state index in [0.29, 0.717) is 0 Å². The summed E-state index contributed by atoms with van der Waals surface area (Å²) in [5, 5.41) is 0. The van der Waals surface area contributed by atoms with Crippen LogP contribution < -0.4 is 0 Å². The molecule has 15 heavy (non-hydrogen) atoms. The molecule has 0 bridgehead atoms. The summed E-state index contributed by atoms with van der Waals surface area (Å²) in [6.07, 6.45) is 13.2. The Morgan fingerprint density at radius 1 is 1.53 bits per heavy atom. The second-order valence-electron chi connectivity index (χ2n) is 5.04. The van der Waals surface area contributed by atoms with E-state index < -0.39 is 0 Å². The van der Waals surface area contributed by atoms with Crippen LogP contribution >= 0.6 is 0 Å². The predicted octanol–water partition coefficient (Wildman–Crippen LogP) is 4.89. The van der Waals surface area contributed by atoms with Crippen LogP contribution in [-0.4, -0.2) is 0 Å². The lowest BCUT2D eigenvalue weighted by molar-refractivity contribution is 0.403. The van der Waals surface area contributed by atoms with Crippen molar-refractivity contribution in [3.63, 3.8) is 0 Å². The Morgan fingerprint density at radius 3 is 2.80 bits per heavy atom. The summed E-state index contributed by atoms with van der Waals surface area (Å²) >= 11 is 0. The molecule has 0 spiro atoms. The molecule has 0 heteroatoms. The molecule has 0 aromatic carbocycles. The van der Waals surface area contributed by atoms with Crippen molar-refractivity contribution in [1.82, 2.24) is 0 Å². The van der Waals surface area contributed by atoms with E-state index in [-0.39, 0.29) is 0 Å². The van der Waals surface area contributed by atoms with E-state index in [1.165, 1.54) is 30.4 Å². The van der Waals surface area contributed by atoms with Crippen LogP contribution in [0.2, 0.25) is 0 Å². The lowest BCUT2D eigenvalue weighted by Gasteiger charge is -2.21. The molecule has 0 aromatic heterocycles. The molecular formula is C15H24. The molecule has 0 fully saturated rings. The Hall–Kier alpha value is -0.780. The number of hydrogen-bond acceptors (Lipinski definition) is 0. The quantitative estimate of drug-likeness (QED) is 0.572. The molecule has 0 saturated carbocycles. The van der Waals surface area contributed by atoms with Crippen LogP contribution in [0.3, 0.4) is 0 Å². The molecule has 0 saturated heterocycles. The van der Waals surface area contributed by atoms with Crippen LogP contribution in [0.5, 0.6) is 0 Å². The SMILES string of the molecule is CC(C)=CCC[C@H](C)[C@H]1C=CC(C)=CC1. The third kappa shape index (κ3) is 4.51. The summed E-state index contributed by atoms with van der Waals surface area (Å²) < 4.78 is 0. The predicted molar refractivity (Wildman–Crippen MR) is 68.8 cm³/mol. The topological polar surface area (TPSA) is 0 Å². The minimum atomic E-state index is 0.763. The third-order valence-electron chi connectivity index (χ3n) is 3.22. The largest absolute Gasteiger partial charge is 0.0859 e. The second-order valence-corrected chi connectivity index (χ2v) is 5.04. The van der Waals surface area contributed by atoms with Gasteiger partial charge in [-0.3, -0.25) is 0 Å². The molecule has 1 aliphatic rings. The van der Waals surface area contributed by atoms with Crippen molar-refractivity contribution in [2.75, 3.05) is 0 Å². The average Bonchev–Trinajstić information content (AvgIpc) is 2.18. The molecule has 0 amide bonds. The molecule has 0 nitrogen and oxygen atoms in total. The summed E-state index contributed by atoms with van der Waals surface area (Å²) in [4.78, 5) is 0. The first-order chi connectivity index (χ1) is 7.09. The maximum atomic E-state index is 2.39. The smallest absolute Gasteiger partial charge is 0.0170 e. The van der Waals surface area contributed by atoms with E-state index in [9.17, 15) is 0 Å². The fourth-order valence-electron chi connectivity index (χ4n) is 2.01. The zero-order valence-electron chi connectivity index (χ0n) is 10.6. The highest BCUT2D eigenvalue weighted by molar-refractivity contribution is 5.21. The summed E-state index contributed by atoms with van der Waals surface area (Å²) in [7, 11) is 0. The summed E-state index contributed by atoms with van der Waals surface area (Å²) in [5.74, 6) is 1.57. The minimum Gasteiger partial charge on any atom is -0.0859 e. The average molecular weight is 204 g/mol. The van der Waals surface area contributed by atoms with Gasteiger partial charge in [-0.2, -0.15) is 0 Å². The first-order valence-corrected chi connectivity index (χ1v) is 6.08. The molecule has 0 N–H and O–H groups in total. The van der Waals surface area contributed by atoms with Crippen LogP contribution in [0.4, 0.5) is 0 Å². The van der Waals surface area contributed by atoms with Gasteiger partial charge in [0.25, 0.3) is 0 Å². The highest BCUT2D eigenvalue weighted by Crippen LogP contribution is 2.26. The number of allylic oxidation sites excluding steroid dienone is 6. The zero-order valence-corrected chi connectivity index (χ0v) is 10.6. The van der Waals surface area contributed by atoms with Gasteiger partial charge in [0.2, 0.25) is 0 Å². The van der Waals surface area contributed by atoms with Crippen molar-refractivity contribution in [2.24, 2.45) is 11.8 Å². The molecule has 0 radical (unpaired) electrons. The molecular weight excluding hydrogens is 180 g/mol. The zero-order chi connectivity index (χ0) is 11.3. The van der Waals surface area contributed by atoms with Gasteiger partial charge >= 0.3 is 0 Å². The Bertz CT molecular complexity index is 274. The van der Waals surface area contributed by atoms with Crippen LogP contribution in [0.15, 0.2) is 35.5 Å². The summed E-state index contributed by atoms with van der Waals surface area (Å²) in [5.41, 5.74) is 2.86. The second kappa shape index (κ2) is 5.95. The van der Waals surface area contributed by atoms with E-state index in [2.05, 4.69) is 52.0 Å². The highest BCUT2D eigenvalue weighted by atomic mass is 14.2. The Balaban J connectivity index is 2.33. The Morgan fingerprint density at radius 2 is 2.27 bits per heavy atom. The van der Waals surface area contributed by atoms with Gasteiger partial charge in [0, 0.05) is 0 Å². The minimum absolute atomic E-state index is 0.763. The van der Waals surface area contributed by atoms with Crippen LogP contribution in [-0.2, 0) is 0 Å². The molecule has 0 aromatic rings. The van der Waals surface area contributed by atoms with Gasteiger partial charge in [-0.05, 0) is 51.9 Å². The van der Waals surface area contributed by atoms with Gasteiger partial charge in [0.05, 0.1) is 0 Å². The summed E-state index contributed by atoms with van der Waals surface area (Å²) in [6, 6.07) is 0. The third-order valence-corrected chi connectivity index (χ3v) is 3.22. The van der Waals surface area contributed by atoms with Gasteiger partial charge in [-0.1, -0.05) is 42.4 Å². The van der Waals surface area contributed by atoms with E-state index in [1.54, 1.807) is 0 Å². The first kappa shape index (κ1) is 12.3.